The zero-order valence-corrected chi connectivity index (χ0v) is 18.9. The SMILES string of the molecule is CC(C)(C)OC(=O)CCOCCOCCOCCOCC[N+](C)(C)C.[Br-]. The van der Waals surface area contributed by atoms with Gasteiger partial charge < -0.3 is 45.1 Å². The molecule has 0 aromatic rings. The molecule has 0 aromatic heterocycles. The average molecular weight is 444 g/mol. The summed E-state index contributed by atoms with van der Waals surface area (Å²) in [5.41, 5.74) is -0.447. The minimum atomic E-state index is -0.447. The van der Waals surface area contributed by atoms with E-state index in [1.165, 1.54) is 0 Å². The highest BCUT2D eigenvalue weighted by atomic mass is 79.9. The maximum atomic E-state index is 11.4. The molecular formula is C18H38BrNO6. The van der Waals surface area contributed by atoms with Gasteiger partial charge in [0.25, 0.3) is 0 Å². The second-order valence-electron chi connectivity index (χ2n) is 7.80. The molecule has 0 atom stereocenters. The fourth-order valence-corrected chi connectivity index (χ4v) is 1.65. The first-order valence-corrected chi connectivity index (χ1v) is 8.93. The van der Waals surface area contributed by atoms with Crippen molar-refractivity contribution in [2.24, 2.45) is 0 Å². The molecule has 0 unspecified atom stereocenters. The highest BCUT2D eigenvalue weighted by molar-refractivity contribution is 5.69. The van der Waals surface area contributed by atoms with E-state index in [-0.39, 0.29) is 29.4 Å². The maximum Gasteiger partial charge on any atom is 0.308 e. The maximum absolute atomic E-state index is 11.4. The van der Waals surface area contributed by atoms with Crippen LogP contribution in [0.4, 0.5) is 0 Å². The number of halogens is 1. The van der Waals surface area contributed by atoms with Gasteiger partial charge >= 0.3 is 5.97 Å². The van der Waals surface area contributed by atoms with E-state index in [1.54, 1.807) is 0 Å². The molecule has 0 bridgehead atoms. The lowest BCUT2D eigenvalue weighted by atomic mass is 10.2. The second kappa shape index (κ2) is 15.8. The van der Waals surface area contributed by atoms with Crippen molar-refractivity contribution in [3.63, 3.8) is 0 Å². The number of hydrogen-bond acceptors (Lipinski definition) is 6. The van der Waals surface area contributed by atoms with Gasteiger partial charge in [-0.2, -0.15) is 0 Å². The van der Waals surface area contributed by atoms with Crippen LogP contribution in [-0.2, 0) is 28.5 Å². The predicted molar refractivity (Wildman–Crippen MR) is 96.6 cm³/mol. The number of likely N-dealkylation sites (N-methyl/N-ethyl adjacent to an activating group) is 1. The zero-order valence-electron chi connectivity index (χ0n) is 17.3. The van der Waals surface area contributed by atoms with Crippen LogP contribution in [0.25, 0.3) is 0 Å². The van der Waals surface area contributed by atoms with Crippen molar-refractivity contribution in [2.45, 2.75) is 32.8 Å². The van der Waals surface area contributed by atoms with Crippen LogP contribution in [0, 0.1) is 0 Å². The minimum Gasteiger partial charge on any atom is -1.00 e. The standard InChI is InChI=1S/C18H38NO6.BrH/c1-18(2,3)25-17(20)7-9-21-11-13-23-15-16-24-14-12-22-10-8-19(4,5)6;/h7-16H2,1-6H3;1H/q+1;/p-1. The molecule has 0 saturated carbocycles. The lowest BCUT2D eigenvalue weighted by molar-refractivity contribution is -0.870. The Morgan fingerprint density at radius 3 is 1.50 bits per heavy atom. The van der Waals surface area contributed by atoms with Gasteiger partial charge in [0.2, 0.25) is 0 Å². The van der Waals surface area contributed by atoms with E-state index in [4.69, 9.17) is 23.7 Å². The third kappa shape index (κ3) is 23.8. The van der Waals surface area contributed by atoms with Crippen LogP contribution in [0.2, 0.25) is 0 Å². The van der Waals surface area contributed by atoms with Crippen LogP contribution in [0.1, 0.15) is 27.2 Å². The van der Waals surface area contributed by atoms with Crippen LogP contribution in [0.15, 0.2) is 0 Å². The Morgan fingerprint density at radius 1 is 0.731 bits per heavy atom. The summed E-state index contributed by atoms with van der Waals surface area (Å²) in [7, 11) is 6.41. The molecular weight excluding hydrogens is 406 g/mol. The van der Waals surface area contributed by atoms with E-state index >= 15 is 0 Å². The molecule has 0 saturated heterocycles. The predicted octanol–water partition coefficient (Wildman–Crippen LogP) is -1.51. The first kappa shape index (κ1) is 28.0. The van der Waals surface area contributed by atoms with Gasteiger partial charge in [-0.15, -0.1) is 0 Å². The van der Waals surface area contributed by atoms with Gasteiger partial charge in [0.05, 0.1) is 80.4 Å². The van der Waals surface area contributed by atoms with Crippen LogP contribution in [0.5, 0.6) is 0 Å². The Bertz CT molecular complexity index is 342. The molecule has 7 nitrogen and oxygen atoms in total. The molecule has 0 aromatic carbocycles. The van der Waals surface area contributed by atoms with Crippen molar-refractivity contribution in [2.75, 3.05) is 80.5 Å². The molecule has 0 fully saturated rings. The average Bonchev–Trinajstić information content (AvgIpc) is 2.44. The second-order valence-corrected chi connectivity index (χ2v) is 7.80. The number of quaternary nitrogens is 1. The van der Waals surface area contributed by atoms with Crippen molar-refractivity contribution in [3.8, 4) is 0 Å². The molecule has 0 spiro atoms. The number of hydrogen-bond donors (Lipinski definition) is 0. The van der Waals surface area contributed by atoms with E-state index in [9.17, 15) is 4.79 Å². The van der Waals surface area contributed by atoms with Crippen molar-refractivity contribution in [1.29, 1.82) is 0 Å². The summed E-state index contributed by atoms with van der Waals surface area (Å²) in [5, 5.41) is 0. The van der Waals surface area contributed by atoms with Crippen LogP contribution in [0.3, 0.4) is 0 Å². The third-order valence-electron chi connectivity index (χ3n) is 2.89. The Kier molecular flexibility index (Phi) is 17.0. The smallest absolute Gasteiger partial charge is 0.308 e. The molecule has 8 heteroatoms. The van der Waals surface area contributed by atoms with Crippen LogP contribution < -0.4 is 17.0 Å². The molecule has 26 heavy (non-hydrogen) atoms. The van der Waals surface area contributed by atoms with Gasteiger partial charge in [-0.25, -0.2) is 0 Å². The molecule has 0 amide bonds. The summed E-state index contributed by atoms with van der Waals surface area (Å²) in [4.78, 5) is 11.4. The summed E-state index contributed by atoms with van der Waals surface area (Å²) in [5.74, 6) is -0.245. The highest BCUT2D eigenvalue weighted by Crippen LogP contribution is 2.07. The normalized spacial score (nSPS) is 11.9. The number of esters is 1. The summed E-state index contributed by atoms with van der Waals surface area (Å²) < 4.78 is 27.7. The van der Waals surface area contributed by atoms with Crippen molar-refractivity contribution in [1.82, 2.24) is 0 Å². The van der Waals surface area contributed by atoms with Gasteiger partial charge in [0, 0.05) is 0 Å². The number of rotatable bonds is 15. The zero-order chi connectivity index (χ0) is 19.2. The van der Waals surface area contributed by atoms with Crippen molar-refractivity contribution in [3.05, 3.63) is 0 Å². The fourth-order valence-electron chi connectivity index (χ4n) is 1.65. The number of nitrogens with zero attached hydrogens (tertiary/aromatic N) is 1. The lowest BCUT2D eigenvalue weighted by Gasteiger charge is -2.23. The first-order chi connectivity index (χ1) is 11.6. The molecule has 0 N–H and O–H groups in total. The number of carbonyl (C=O) groups excluding carboxylic acids is 1. The quantitative estimate of drug-likeness (QED) is 0.174. The van der Waals surface area contributed by atoms with Gasteiger partial charge in [-0.1, -0.05) is 0 Å². The molecule has 0 rings (SSSR count). The highest BCUT2D eigenvalue weighted by Gasteiger charge is 2.15. The first-order valence-electron chi connectivity index (χ1n) is 8.93. The van der Waals surface area contributed by atoms with E-state index in [1.807, 2.05) is 20.8 Å². The summed E-state index contributed by atoms with van der Waals surface area (Å²) in [6, 6.07) is 0. The van der Waals surface area contributed by atoms with Gasteiger partial charge in [-0.3, -0.25) is 4.79 Å². The Morgan fingerprint density at radius 2 is 1.12 bits per heavy atom. The molecule has 158 valence electrons. The van der Waals surface area contributed by atoms with E-state index in [2.05, 4.69) is 21.1 Å². The van der Waals surface area contributed by atoms with Crippen molar-refractivity contribution >= 4 is 5.97 Å². The largest absolute Gasteiger partial charge is 1.00 e. The Labute approximate surface area is 169 Å². The van der Waals surface area contributed by atoms with Gasteiger partial charge in [0.15, 0.2) is 0 Å². The van der Waals surface area contributed by atoms with Crippen LogP contribution >= 0.6 is 0 Å². The molecule has 0 aliphatic rings. The van der Waals surface area contributed by atoms with Crippen LogP contribution in [-0.4, -0.2) is 96.6 Å². The van der Waals surface area contributed by atoms with E-state index in [0.717, 1.165) is 17.6 Å². The monoisotopic (exact) mass is 443 g/mol. The van der Waals surface area contributed by atoms with Gasteiger partial charge in [0.1, 0.15) is 12.1 Å². The molecule has 0 aliphatic heterocycles. The molecule has 0 radical (unpaired) electrons. The lowest BCUT2D eigenvalue weighted by Crippen LogP contribution is -3.00. The third-order valence-corrected chi connectivity index (χ3v) is 2.89. The van der Waals surface area contributed by atoms with Gasteiger partial charge in [-0.05, 0) is 20.8 Å². The van der Waals surface area contributed by atoms with Crippen molar-refractivity contribution < 1.29 is 49.9 Å². The molecule has 0 aliphatic carbocycles. The summed E-state index contributed by atoms with van der Waals surface area (Å²) >= 11 is 0. The van der Waals surface area contributed by atoms with E-state index in [0.29, 0.717) is 46.2 Å². The summed E-state index contributed by atoms with van der Waals surface area (Å²) in [6.07, 6.45) is 0.258. The molecule has 0 heterocycles. The summed E-state index contributed by atoms with van der Waals surface area (Å²) in [6.45, 7) is 10.8. The Hall–Kier alpha value is -0.250. The number of carbonyl (C=O) groups is 1. The van der Waals surface area contributed by atoms with E-state index < -0.39 is 5.60 Å². The minimum absolute atomic E-state index is 0. The Balaban J connectivity index is 0. The fraction of sp³-hybridized carbons (Fsp3) is 0.944. The topological polar surface area (TPSA) is 63.2 Å². The number of ether oxygens (including phenoxy) is 5.